The predicted molar refractivity (Wildman–Crippen MR) is 78.6 cm³/mol. The summed E-state index contributed by atoms with van der Waals surface area (Å²) in [4.78, 5) is 2.28. The molecule has 102 valence electrons. The molecule has 0 amide bonds. The molecule has 0 bridgehead atoms. The van der Waals surface area contributed by atoms with Gasteiger partial charge in [0.15, 0.2) is 0 Å². The van der Waals surface area contributed by atoms with E-state index in [1.54, 1.807) is 7.11 Å². The molecule has 0 saturated carbocycles. The van der Waals surface area contributed by atoms with Crippen LogP contribution in [0.25, 0.3) is 0 Å². The molecule has 3 nitrogen and oxygen atoms in total. The summed E-state index contributed by atoms with van der Waals surface area (Å²) in [5.41, 5.74) is 1.22. The molecule has 1 rings (SSSR count). The monoisotopic (exact) mass is 250 g/mol. The number of nitrogens with zero attached hydrogens (tertiary/aromatic N) is 1. The molecule has 1 atom stereocenters. The zero-order valence-corrected chi connectivity index (χ0v) is 12.2. The molecule has 3 heteroatoms. The van der Waals surface area contributed by atoms with Gasteiger partial charge in [0.2, 0.25) is 0 Å². The van der Waals surface area contributed by atoms with Crippen LogP contribution in [0.5, 0.6) is 5.75 Å². The lowest BCUT2D eigenvalue weighted by molar-refractivity contribution is 0.415. The van der Waals surface area contributed by atoms with E-state index in [-0.39, 0.29) is 0 Å². The molecular formula is C15H26N2O. The van der Waals surface area contributed by atoms with E-state index in [4.69, 9.17) is 4.74 Å². The molecular weight excluding hydrogens is 224 g/mol. The Morgan fingerprint density at radius 1 is 1.11 bits per heavy atom. The lowest BCUT2D eigenvalue weighted by atomic mass is 10.2. The summed E-state index contributed by atoms with van der Waals surface area (Å²) in [7, 11) is 3.82. The van der Waals surface area contributed by atoms with Gasteiger partial charge in [0.05, 0.1) is 7.11 Å². The Morgan fingerprint density at radius 2 is 1.72 bits per heavy atom. The lowest BCUT2D eigenvalue weighted by Gasteiger charge is -2.27. The third-order valence-electron chi connectivity index (χ3n) is 3.13. The molecule has 0 fully saturated rings. The first-order valence-corrected chi connectivity index (χ1v) is 6.62. The largest absolute Gasteiger partial charge is 0.497 e. The summed E-state index contributed by atoms with van der Waals surface area (Å²) in [6.07, 6.45) is 0. The van der Waals surface area contributed by atoms with Crippen LogP contribution in [0.1, 0.15) is 20.8 Å². The third kappa shape index (κ3) is 4.57. The summed E-state index contributed by atoms with van der Waals surface area (Å²) in [6, 6.07) is 8.66. The van der Waals surface area contributed by atoms with E-state index in [9.17, 15) is 0 Å². The van der Waals surface area contributed by atoms with Gasteiger partial charge in [-0.1, -0.05) is 13.8 Å². The Labute approximate surface area is 111 Å². The molecule has 18 heavy (non-hydrogen) atoms. The fourth-order valence-electron chi connectivity index (χ4n) is 1.79. The van der Waals surface area contributed by atoms with Crippen molar-refractivity contribution in [3.63, 3.8) is 0 Å². The van der Waals surface area contributed by atoms with E-state index in [1.807, 2.05) is 12.1 Å². The normalized spacial score (nSPS) is 12.6. The van der Waals surface area contributed by atoms with Crippen LogP contribution < -0.4 is 15.0 Å². The van der Waals surface area contributed by atoms with E-state index in [1.165, 1.54) is 5.69 Å². The van der Waals surface area contributed by atoms with E-state index in [2.05, 4.69) is 50.2 Å². The molecule has 1 N–H and O–H groups in total. The molecule has 1 aromatic rings. The second kappa shape index (κ2) is 7.27. The molecule has 0 aliphatic rings. The van der Waals surface area contributed by atoms with Crippen molar-refractivity contribution in [1.82, 2.24) is 5.32 Å². The Balaban J connectivity index is 2.48. The molecule has 0 saturated heterocycles. The van der Waals surface area contributed by atoms with Crippen molar-refractivity contribution < 1.29 is 4.74 Å². The SMILES string of the molecule is COc1ccc(N(C)C(C)CNCC(C)C)cc1. The fourth-order valence-corrected chi connectivity index (χ4v) is 1.79. The average molecular weight is 250 g/mol. The second-order valence-electron chi connectivity index (χ2n) is 5.21. The van der Waals surface area contributed by atoms with Gasteiger partial charge >= 0.3 is 0 Å². The van der Waals surface area contributed by atoms with Crippen molar-refractivity contribution in [3.8, 4) is 5.75 Å². The first-order valence-electron chi connectivity index (χ1n) is 6.62. The minimum Gasteiger partial charge on any atom is -0.497 e. The first-order chi connectivity index (χ1) is 8.54. The van der Waals surface area contributed by atoms with E-state index >= 15 is 0 Å². The third-order valence-corrected chi connectivity index (χ3v) is 3.13. The van der Waals surface area contributed by atoms with Crippen LogP contribution in [-0.4, -0.2) is 33.3 Å². The molecule has 0 aromatic heterocycles. The summed E-state index contributed by atoms with van der Waals surface area (Å²) in [5, 5.41) is 3.49. The van der Waals surface area contributed by atoms with Gasteiger partial charge in [-0.3, -0.25) is 0 Å². The van der Waals surface area contributed by atoms with Crippen molar-refractivity contribution in [1.29, 1.82) is 0 Å². The average Bonchev–Trinajstić information content (AvgIpc) is 2.37. The zero-order valence-electron chi connectivity index (χ0n) is 12.2. The van der Waals surface area contributed by atoms with Crippen molar-refractivity contribution in [2.24, 2.45) is 5.92 Å². The summed E-state index contributed by atoms with van der Waals surface area (Å²) in [5.74, 6) is 1.60. The molecule has 0 spiro atoms. The van der Waals surface area contributed by atoms with Crippen molar-refractivity contribution in [2.75, 3.05) is 32.1 Å². The second-order valence-corrected chi connectivity index (χ2v) is 5.21. The maximum absolute atomic E-state index is 5.17. The Bertz CT molecular complexity index is 335. The van der Waals surface area contributed by atoms with Gasteiger partial charge in [-0.2, -0.15) is 0 Å². The standard InChI is InChI=1S/C15H26N2O/c1-12(2)10-16-11-13(3)17(4)14-6-8-15(18-5)9-7-14/h6-9,12-13,16H,10-11H2,1-5H3. The van der Waals surface area contributed by atoms with Crippen LogP contribution in [0.15, 0.2) is 24.3 Å². The van der Waals surface area contributed by atoms with Crippen LogP contribution in [0, 0.1) is 5.92 Å². The molecule has 0 aliphatic carbocycles. The van der Waals surface area contributed by atoms with Crippen LogP contribution in [0.4, 0.5) is 5.69 Å². The number of rotatable bonds is 7. The number of anilines is 1. The van der Waals surface area contributed by atoms with Crippen LogP contribution in [0.3, 0.4) is 0 Å². The summed E-state index contributed by atoms with van der Waals surface area (Å²) < 4.78 is 5.17. The number of methoxy groups -OCH3 is 1. The number of benzene rings is 1. The fraction of sp³-hybridized carbons (Fsp3) is 0.600. The summed E-state index contributed by atoms with van der Waals surface area (Å²) in [6.45, 7) is 8.76. The van der Waals surface area contributed by atoms with Gasteiger partial charge in [0.25, 0.3) is 0 Å². The van der Waals surface area contributed by atoms with Crippen molar-refractivity contribution in [3.05, 3.63) is 24.3 Å². The highest BCUT2D eigenvalue weighted by Gasteiger charge is 2.09. The molecule has 1 aromatic carbocycles. The Morgan fingerprint density at radius 3 is 2.22 bits per heavy atom. The smallest absolute Gasteiger partial charge is 0.119 e. The van der Waals surface area contributed by atoms with E-state index in [0.29, 0.717) is 12.0 Å². The maximum atomic E-state index is 5.17. The summed E-state index contributed by atoms with van der Waals surface area (Å²) >= 11 is 0. The predicted octanol–water partition coefficient (Wildman–Crippen LogP) is 2.77. The van der Waals surface area contributed by atoms with E-state index in [0.717, 1.165) is 18.8 Å². The Kier molecular flexibility index (Phi) is 5.99. The van der Waals surface area contributed by atoms with E-state index < -0.39 is 0 Å². The lowest BCUT2D eigenvalue weighted by Crippen LogP contribution is -2.39. The number of hydrogen-bond donors (Lipinski definition) is 1. The Hall–Kier alpha value is -1.22. The van der Waals surface area contributed by atoms with Gasteiger partial charge in [0, 0.05) is 25.3 Å². The van der Waals surface area contributed by atoms with Crippen LogP contribution in [0.2, 0.25) is 0 Å². The minimum atomic E-state index is 0.470. The van der Waals surface area contributed by atoms with Gasteiger partial charge in [-0.15, -0.1) is 0 Å². The zero-order chi connectivity index (χ0) is 13.5. The highest BCUT2D eigenvalue weighted by Crippen LogP contribution is 2.19. The number of likely N-dealkylation sites (N-methyl/N-ethyl adjacent to an activating group) is 1. The van der Waals surface area contributed by atoms with Crippen LogP contribution >= 0.6 is 0 Å². The molecule has 0 aliphatic heterocycles. The quantitative estimate of drug-likeness (QED) is 0.805. The van der Waals surface area contributed by atoms with Crippen molar-refractivity contribution in [2.45, 2.75) is 26.8 Å². The number of hydrogen-bond acceptors (Lipinski definition) is 3. The van der Waals surface area contributed by atoms with Crippen LogP contribution in [-0.2, 0) is 0 Å². The highest BCUT2D eigenvalue weighted by molar-refractivity contribution is 5.49. The maximum Gasteiger partial charge on any atom is 0.119 e. The molecule has 1 unspecified atom stereocenters. The number of nitrogens with one attached hydrogen (secondary N) is 1. The van der Waals surface area contributed by atoms with Gasteiger partial charge in [-0.05, 0) is 43.7 Å². The first kappa shape index (κ1) is 14.8. The molecule has 0 heterocycles. The molecule has 0 radical (unpaired) electrons. The van der Waals surface area contributed by atoms with Gasteiger partial charge in [-0.25, -0.2) is 0 Å². The van der Waals surface area contributed by atoms with Gasteiger partial charge < -0.3 is 15.0 Å². The topological polar surface area (TPSA) is 24.5 Å². The van der Waals surface area contributed by atoms with Crippen molar-refractivity contribution >= 4 is 5.69 Å². The highest BCUT2D eigenvalue weighted by atomic mass is 16.5. The van der Waals surface area contributed by atoms with Gasteiger partial charge in [0.1, 0.15) is 5.75 Å². The number of ether oxygens (including phenoxy) is 1. The minimum absolute atomic E-state index is 0.470.